The lowest BCUT2D eigenvalue weighted by Gasteiger charge is -2.37. The van der Waals surface area contributed by atoms with E-state index in [1.807, 2.05) is 38.1 Å². The maximum Gasteiger partial charge on any atom is 0.168 e. The minimum absolute atomic E-state index is 0.0456. The normalized spacial score (nSPS) is 23.2. The molecule has 2 N–H and O–H groups in total. The first-order valence-electron chi connectivity index (χ1n) is 7.41. The highest BCUT2D eigenvalue weighted by atomic mass is 79.9. The van der Waals surface area contributed by atoms with Crippen molar-refractivity contribution in [1.82, 2.24) is 0 Å². The third-order valence-corrected chi connectivity index (χ3v) is 4.74. The Morgan fingerprint density at radius 1 is 1.30 bits per heavy atom. The van der Waals surface area contributed by atoms with Crippen LogP contribution in [0, 0.1) is 16.7 Å². The Morgan fingerprint density at radius 3 is 2.57 bits per heavy atom. The van der Waals surface area contributed by atoms with Gasteiger partial charge in [0.1, 0.15) is 11.8 Å². The van der Waals surface area contributed by atoms with Crippen LogP contribution in [0.25, 0.3) is 0 Å². The lowest BCUT2D eigenvalue weighted by molar-refractivity contribution is -0.118. The summed E-state index contributed by atoms with van der Waals surface area (Å²) < 4.78 is 7.03. The van der Waals surface area contributed by atoms with Crippen LogP contribution in [0.1, 0.15) is 38.4 Å². The van der Waals surface area contributed by atoms with Crippen molar-refractivity contribution in [3.8, 4) is 6.07 Å². The summed E-state index contributed by atoms with van der Waals surface area (Å²) in [6.07, 6.45) is 0.492. The van der Waals surface area contributed by atoms with Crippen molar-refractivity contribution in [1.29, 1.82) is 5.26 Å². The average molecular weight is 373 g/mol. The molecular weight excluding hydrogens is 356 g/mol. The van der Waals surface area contributed by atoms with Crippen molar-refractivity contribution in [3.05, 3.63) is 56.9 Å². The molecule has 0 fully saturated rings. The number of halogens is 1. The lowest BCUT2D eigenvalue weighted by Crippen LogP contribution is -2.33. The Balaban J connectivity index is 2.09. The standard InChI is InChI=1S/C18H17BrN2O2/c1-18(2)7-13(22)15-14(8-18)23-17(12(9-20)16(15)21)10-3-5-11(19)6-4-10/h3-6,17H,7-8,21H2,1-2H3. The number of carbonyl (C=O) groups excluding carboxylic acids is 1. The van der Waals surface area contributed by atoms with Crippen molar-refractivity contribution in [2.75, 3.05) is 0 Å². The number of carbonyl (C=O) groups is 1. The van der Waals surface area contributed by atoms with Crippen molar-refractivity contribution in [2.45, 2.75) is 32.8 Å². The molecular formula is C18H17BrN2O2. The Hall–Kier alpha value is -2.06. The highest BCUT2D eigenvalue weighted by molar-refractivity contribution is 9.10. The van der Waals surface area contributed by atoms with Crippen LogP contribution < -0.4 is 5.73 Å². The van der Waals surface area contributed by atoms with Crippen LogP contribution >= 0.6 is 15.9 Å². The predicted octanol–water partition coefficient (Wildman–Crippen LogP) is 3.90. The maximum absolute atomic E-state index is 12.4. The second-order valence-electron chi connectivity index (χ2n) is 6.73. The van der Waals surface area contributed by atoms with Crippen LogP contribution in [0.3, 0.4) is 0 Å². The van der Waals surface area contributed by atoms with E-state index < -0.39 is 6.10 Å². The molecule has 2 aliphatic rings. The van der Waals surface area contributed by atoms with Gasteiger partial charge in [-0.15, -0.1) is 0 Å². The quantitative estimate of drug-likeness (QED) is 0.810. The molecule has 0 spiro atoms. The van der Waals surface area contributed by atoms with E-state index in [9.17, 15) is 10.1 Å². The molecule has 23 heavy (non-hydrogen) atoms. The zero-order chi connectivity index (χ0) is 16.8. The van der Waals surface area contributed by atoms with Crippen LogP contribution in [-0.2, 0) is 9.53 Å². The smallest absolute Gasteiger partial charge is 0.168 e. The summed E-state index contributed by atoms with van der Waals surface area (Å²) >= 11 is 3.40. The lowest BCUT2D eigenvalue weighted by atomic mass is 9.74. The van der Waals surface area contributed by atoms with Gasteiger partial charge in [0, 0.05) is 17.3 Å². The molecule has 1 aromatic carbocycles. The average Bonchev–Trinajstić information content (AvgIpc) is 2.45. The molecule has 1 aliphatic carbocycles. The third-order valence-electron chi connectivity index (χ3n) is 4.21. The number of nitrogens with two attached hydrogens (primary N) is 1. The fraction of sp³-hybridized carbons (Fsp3) is 0.333. The van der Waals surface area contributed by atoms with Gasteiger partial charge in [-0.25, -0.2) is 0 Å². The van der Waals surface area contributed by atoms with E-state index in [1.54, 1.807) is 0 Å². The number of benzene rings is 1. The summed E-state index contributed by atoms with van der Waals surface area (Å²) in [6.45, 7) is 4.07. The summed E-state index contributed by atoms with van der Waals surface area (Å²) in [4.78, 5) is 12.4. The van der Waals surface area contributed by atoms with Gasteiger partial charge >= 0.3 is 0 Å². The second kappa shape index (κ2) is 5.54. The fourth-order valence-corrected chi connectivity index (χ4v) is 3.40. The van der Waals surface area contributed by atoms with Crippen molar-refractivity contribution in [2.24, 2.45) is 11.1 Å². The van der Waals surface area contributed by atoms with Gasteiger partial charge in [0.15, 0.2) is 11.9 Å². The number of ketones is 1. The maximum atomic E-state index is 12.4. The van der Waals surface area contributed by atoms with Crippen molar-refractivity contribution < 1.29 is 9.53 Å². The first-order valence-corrected chi connectivity index (χ1v) is 8.20. The molecule has 3 rings (SSSR count). The Labute approximate surface area is 143 Å². The highest BCUT2D eigenvalue weighted by Crippen LogP contribution is 2.45. The van der Waals surface area contributed by atoms with Crippen LogP contribution in [0.2, 0.25) is 0 Å². The molecule has 0 saturated heterocycles. The molecule has 0 saturated carbocycles. The minimum atomic E-state index is -0.562. The van der Waals surface area contributed by atoms with Crippen molar-refractivity contribution >= 4 is 21.7 Å². The Kier molecular flexibility index (Phi) is 3.81. The summed E-state index contributed by atoms with van der Waals surface area (Å²) in [7, 11) is 0. The first-order chi connectivity index (χ1) is 10.8. The molecule has 1 aliphatic heterocycles. The molecule has 5 heteroatoms. The van der Waals surface area contributed by atoms with Gasteiger partial charge in [-0.3, -0.25) is 4.79 Å². The zero-order valence-electron chi connectivity index (χ0n) is 13.0. The number of nitrogens with zero attached hydrogens (tertiary/aromatic N) is 1. The summed E-state index contributed by atoms with van der Waals surface area (Å²) in [5, 5.41) is 9.52. The second-order valence-corrected chi connectivity index (χ2v) is 7.64. The van der Waals surface area contributed by atoms with Gasteiger partial charge in [0.2, 0.25) is 0 Å². The van der Waals surface area contributed by atoms with E-state index in [0.717, 1.165) is 10.0 Å². The number of hydrogen-bond donors (Lipinski definition) is 1. The van der Waals surface area contributed by atoms with Gasteiger partial charge in [0.25, 0.3) is 0 Å². The molecule has 0 amide bonds. The van der Waals surface area contributed by atoms with E-state index in [4.69, 9.17) is 10.5 Å². The number of rotatable bonds is 1. The molecule has 0 aromatic heterocycles. The molecule has 1 aromatic rings. The predicted molar refractivity (Wildman–Crippen MR) is 89.8 cm³/mol. The Morgan fingerprint density at radius 2 is 1.96 bits per heavy atom. The Bertz CT molecular complexity index is 782. The monoisotopic (exact) mass is 372 g/mol. The molecule has 0 bridgehead atoms. The number of hydrogen-bond acceptors (Lipinski definition) is 4. The van der Waals surface area contributed by atoms with Gasteiger partial charge < -0.3 is 10.5 Å². The van der Waals surface area contributed by atoms with E-state index in [2.05, 4.69) is 22.0 Å². The number of nitriles is 1. The van der Waals surface area contributed by atoms with Crippen LogP contribution in [0.5, 0.6) is 0 Å². The molecule has 118 valence electrons. The summed E-state index contributed by atoms with van der Waals surface area (Å²) in [5.41, 5.74) is 7.82. The van der Waals surface area contributed by atoms with Crippen LogP contribution in [-0.4, -0.2) is 5.78 Å². The fourth-order valence-electron chi connectivity index (χ4n) is 3.13. The first kappa shape index (κ1) is 15.8. The van der Waals surface area contributed by atoms with E-state index in [1.165, 1.54) is 0 Å². The zero-order valence-corrected chi connectivity index (χ0v) is 14.6. The minimum Gasteiger partial charge on any atom is -0.484 e. The van der Waals surface area contributed by atoms with Gasteiger partial charge in [-0.2, -0.15) is 5.26 Å². The number of allylic oxidation sites excluding steroid dienone is 2. The number of ether oxygens (including phenoxy) is 1. The van der Waals surface area contributed by atoms with Crippen LogP contribution in [0.15, 0.2) is 51.3 Å². The number of Topliss-reactive ketones (excluding diaryl/α,β-unsaturated/α-hetero) is 1. The summed E-state index contributed by atoms with van der Waals surface area (Å²) in [6, 6.07) is 9.69. The van der Waals surface area contributed by atoms with Gasteiger partial charge in [-0.1, -0.05) is 41.9 Å². The van der Waals surface area contributed by atoms with E-state index in [0.29, 0.717) is 29.7 Å². The molecule has 4 nitrogen and oxygen atoms in total. The molecule has 1 heterocycles. The molecule has 1 atom stereocenters. The van der Waals surface area contributed by atoms with Gasteiger partial charge in [0.05, 0.1) is 16.8 Å². The third kappa shape index (κ3) is 2.79. The largest absolute Gasteiger partial charge is 0.484 e. The summed E-state index contributed by atoms with van der Waals surface area (Å²) in [5.74, 6) is 0.562. The van der Waals surface area contributed by atoms with E-state index >= 15 is 0 Å². The SMILES string of the molecule is CC1(C)CC(=O)C2=C(C1)OC(c1ccc(Br)cc1)C(C#N)=C2N. The topological polar surface area (TPSA) is 76.1 Å². The van der Waals surface area contributed by atoms with Crippen LogP contribution in [0.4, 0.5) is 0 Å². The van der Waals surface area contributed by atoms with Gasteiger partial charge in [-0.05, 0) is 23.1 Å². The van der Waals surface area contributed by atoms with Crippen molar-refractivity contribution in [3.63, 3.8) is 0 Å². The molecule has 0 radical (unpaired) electrons. The highest BCUT2D eigenvalue weighted by Gasteiger charge is 2.40. The van der Waals surface area contributed by atoms with E-state index in [-0.39, 0.29) is 16.9 Å². The molecule has 1 unspecified atom stereocenters.